The highest BCUT2D eigenvalue weighted by Crippen LogP contribution is 2.28. The van der Waals surface area contributed by atoms with E-state index in [9.17, 15) is 0 Å². The van der Waals surface area contributed by atoms with Gasteiger partial charge in [-0.2, -0.15) is 0 Å². The lowest BCUT2D eigenvalue weighted by Crippen LogP contribution is -2.02. The van der Waals surface area contributed by atoms with Crippen molar-refractivity contribution in [2.75, 3.05) is 19.0 Å². The van der Waals surface area contributed by atoms with E-state index in [0.29, 0.717) is 18.1 Å². The molecular formula is C16H20N2O3. The zero-order chi connectivity index (χ0) is 15.1. The Balaban J connectivity index is 2.07. The molecule has 0 bridgehead atoms. The van der Waals surface area contributed by atoms with Gasteiger partial charge in [0.05, 0.1) is 13.7 Å². The van der Waals surface area contributed by atoms with Gasteiger partial charge in [-0.1, -0.05) is 6.07 Å². The molecule has 0 aliphatic carbocycles. The predicted molar refractivity (Wildman–Crippen MR) is 81.6 cm³/mol. The number of methoxy groups -OCH3 is 1. The van der Waals surface area contributed by atoms with Crippen molar-refractivity contribution in [3.8, 4) is 11.5 Å². The molecule has 2 aromatic rings. The number of hydrogen-bond acceptors (Lipinski definition) is 5. The number of rotatable bonds is 7. The third kappa shape index (κ3) is 4.10. The molecule has 5 nitrogen and oxygen atoms in total. The highest BCUT2D eigenvalue weighted by atomic mass is 16.5. The van der Waals surface area contributed by atoms with Gasteiger partial charge in [-0.25, -0.2) is 4.98 Å². The van der Waals surface area contributed by atoms with Crippen molar-refractivity contribution in [2.45, 2.75) is 20.1 Å². The number of nitrogens with zero attached hydrogens (tertiary/aromatic N) is 1. The number of hydrogen-bond donors (Lipinski definition) is 2. The fourth-order valence-corrected chi connectivity index (χ4v) is 1.93. The van der Waals surface area contributed by atoms with Gasteiger partial charge in [-0.15, -0.1) is 0 Å². The van der Waals surface area contributed by atoms with Gasteiger partial charge in [0, 0.05) is 12.7 Å². The van der Waals surface area contributed by atoms with Gasteiger partial charge in [-0.3, -0.25) is 0 Å². The van der Waals surface area contributed by atoms with Crippen LogP contribution in [-0.4, -0.2) is 23.7 Å². The fraction of sp³-hybridized carbons (Fsp3) is 0.312. The van der Waals surface area contributed by atoms with Crippen LogP contribution in [0.25, 0.3) is 0 Å². The van der Waals surface area contributed by atoms with Crippen LogP contribution in [0.4, 0.5) is 5.82 Å². The van der Waals surface area contributed by atoms with E-state index < -0.39 is 0 Å². The lowest BCUT2D eigenvalue weighted by molar-refractivity contribution is 0.274. The number of nitrogens with one attached hydrogen (secondary N) is 1. The normalized spacial score (nSPS) is 10.2. The summed E-state index contributed by atoms with van der Waals surface area (Å²) in [5.74, 6) is 2.10. The molecule has 2 rings (SSSR count). The zero-order valence-corrected chi connectivity index (χ0v) is 12.3. The maximum Gasteiger partial charge on any atom is 0.161 e. The van der Waals surface area contributed by atoms with Gasteiger partial charge in [0.1, 0.15) is 12.4 Å². The largest absolute Gasteiger partial charge is 0.493 e. The van der Waals surface area contributed by atoms with E-state index in [-0.39, 0.29) is 6.61 Å². The Bertz CT molecular complexity index is 587. The summed E-state index contributed by atoms with van der Waals surface area (Å²) in [7, 11) is 1.58. The van der Waals surface area contributed by atoms with E-state index in [2.05, 4.69) is 10.3 Å². The first-order valence-electron chi connectivity index (χ1n) is 6.86. The van der Waals surface area contributed by atoms with Gasteiger partial charge in [0.15, 0.2) is 11.5 Å². The summed E-state index contributed by atoms with van der Waals surface area (Å²) in [6, 6.07) is 9.25. The first-order chi connectivity index (χ1) is 10.3. The number of aliphatic hydroxyl groups excluding tert-OH is 1. The van der Waals surface area contributed by atoms with Gasteiger partial charge in [-0.05, 0) is 42.3 Å². The monoisotopic (exact) mass is 288 g/mol. The number of aliphatic hydroxyl groups is 1. The summed E-state index contributed by atoms with van der Waals surface area (Å²) in [6.45, 7) is 3.26. The molecule has 2 N–H and O–H groups in total. The summed E-state index contributed by atoms with van der Waals surface area (Å²) < 4.78 is 11.1. The average Bonchev–Trinajstić information content (AvgIpc) is 2.53. The Hall–Kier alpha value is -2.27. The molecule has 0 radical (unpaired) electrons. The third-order valence-corrected chi connectivity index (χ3v) is 2.99. The summed E-state index contributed by atoms with van der Waals surface area (Å²) >= 11 is 0. The second-order valence-electron chi connectivity index (χ2n) is 4.51. The quantitative estimate of drug-likeness (QED) is 0.820. The summed E-state index contributed by atoms with van der Waals surface area (Å²) in [5.41, 5.74) is 1.81. The minimum atomic E-state index is -0.0208. The number of pyridine rings is 1. The SMILES string of the molecule is CCNc1cc(COc2ccc(CO)cc2OC)ccn1. The first-order valence-corrected chi connectivity index (χ1v) is 6.86. The van der Waals surface area contributed by atoms with Crippen LogP contribution in [-0.2, 0) is 13.2 Å². The summed E-state index contributed by atoms with van der Waals surface area (Å²) in [6.07, 6.45) is 1.75. The molecule has 0 amide bonds. The van der Waals surface area contributed by atoms with Crippen LogP contribution in [0.2, 0.25) is 0 Å². The van der Waals surface area contributed by atoms with Crippen LogP contribution >= 0.6 is 0 Å². The van der Waals surface area contributed by atoms with Crippen LogP contribution in [0, 0.1) is 0 Å². The number of ether oxygens (including phenoxy) is 2. The molecule has 112 valence electrons. The molecule has 21 heavy (non-hydrogen) atoms. The van der Waals surface area contributed by atoms with Crippen LogP contribution in [0.5, 0.6) is 11.5 Å². The summed E-state index contributed by atoms with van der Waals surface area (Å²) in [5, 5.41) is 12.3. The molecule has 0 saturated carbocycles. The smallest absolute Gasteiger partial charge is 0.161 e. The predicted octanol–water partition coefficient (Wildman–Crippen LogP) is 2.59. The highest BCUT2D eigenvalue weighted by Gasteiger charge is 2.06. The standard InChI is InChI=1S/C16H20N2O3/c1-3-17-16-9-13(6-7-18-16)11-21-14-5-4-12(10-19)8-15(14)20-2/h4-9,19H,3,10-11H2,1-2H3,(H,17,18). The molecule has 5 heteroatoms. The molecule has 0 spiro atoms. The van der Waals surface area contributed by atoms with E-state index in [4.69, 9.17) is 14.6 Å². The van der Waals surface area contributed by atoms with Crippen LogP contribution < -0.4 is 14.8 Å². The molecule has 0 unspecified atom stereocenters. The average molecular weight is 288 g/mol. The van der Waals surface area contributed by atoms with Crippen molar-refractivity contribution >= 4 is 5.82 Å². The molecule has 0 fully saturated rings. The van der Waals surface area contributed by atoms with Crippen molar-refractivity contribution in [1.82, 2.24) is 4.98 Å². The number of aromatic nitrogens is 1. The molecular weight excluding hydrogens is 268 g/mol. The lowest BCUT2D eigenvalue weighted by Gasteiger charge is -2.12. The number of benzene rings is 1. The molecule has 0 atom stereocenters. The van der Waals surface area contributed by atoms with E-state index in [1.165, 1.54) is 0 Å². The molecule has 1 aromatic heterocycles. The third-order valence-electron chi connectivity index (χ3n) is 2.99. The maximum absolute atomic E-state index is 9.13. The topological polar surface area (TPSA) is 63.6 Å². The molecule has 0 aliphatic heterocycles. The van der Waals surface area contributed by atoms with Gasteiger partial charge in [0.2, 0.25) is 0 Å². The van der Waals surface area contributed by atoms with E-state index in [1.807, 2.05) is 25.1 Å². The first kappa shape index (κ1) is 15.1. The van der Waals surface area contributed by atoms with E-state index >= 15 is 0 Å². The zero-order valence-electron chi connectivity index (χ0n) is 12.3. The molecule has 0 saturated heterocycles. The van der Waals surface area contributed by atoms with Crippen molar-refractivity contribution in [1.29, 1.82) is 0 Å². The summed E-state index contributed by atoms with van der Waals surface area (Å²) in [4.78, 5) is 4.22. The maximum atomic E-state index is 9.13. The van der Waals surface area contributed by atoms with Crippen LogP contribution in [0.1, 0.15) is 18.1 Å². The minimum Gasteiger partial charge on any atom is -0.493 e. The second kappa shape index (κ2) is 7.50. The van der Waals surface area contributed by atoms with Gasteiger partial charge in [0.25, 0.3) is 0 Å². The van der Waals surface area contributed by atoms with Crippen LogP contribution in [0.15, 0.2) is 36.5 Å². The Kier molecular flexibility index (Phi) is 5.40. The van der Waals surface area contributed by atoms with E-state index in [0.717, 1.165) is 23.5 Å². The van der Waals surface area contributed by atoms with Gasteiger partial charge < -0.3 is 19.9 Å². The molecule has 1 aromatic carbocycles. The van der Waals surface area contributed by atoms with Crippen molar-refractivity contribution in [3.63, 3.8) is 0 Å². The van der Waals surface area contributed by atoms with Crippen molar-refractivity contribution < 1.29 is 14.6 Å². The van der Waals surface area contributed by atoms with Crippen molar-refractivity contribution in [3.05, 3.63) is 47.7 Å². The lowest BCUT2D eigenvalue weighted by atomic mass is 10.2. The van der Waals surface area contributed by atoms with Gasteiger partial charge >= 0.3 is 0 Å². The second-order valence-corrected chi connectivity index (χ2v) is 4.51. The Morgan fingerprint density at radius 3 is 2.71 bits per heavy atom. The number of anilines is 1. The van der Waals surface area contributed by atoms with Crippen LogP contribution in [0.3, 0.4) is 0 Å². The fourth-order valence-electron chi connectivity index (χ4n) is 1.93. The Morgan fingerprint density at radius 1 is 1.14 bits per heavy atom. The minimum absolute atomic E-state index is 0.0208. The molecule has 0 aliphatic rings. The van der Waals surface area contributed by atoms with E-state index in [1.54, 1.807) is 25.4 Å². The Morgan fingerprint density at radius 2 is 2.00 bits per heavy atom. The highest BCUT2D eigenvalue weighted by molar-refractivity contribution is 5.43. The molecule has 1 heterocycles. The Labute approximate surface area is 124 Å². The van der Waals surface area contributed by atoms with Crippen molar-refractivity contribution in [2.24, 2.45) is 0 Å².